The Morgan fingerprint density at radius 3 is 2.54 bits per heavy atom. The van der Waals surface area contributed by atoms with Gasteiger partial charge in [0.05, 0.1) is 12.6 Å². The van der Waals surface area contributed by atoms with Gasteiger partial charge in [-0.1, -0.05) is 30.3 Å². The SMILES string of the molecule is CNC(=O)c1cc(C(=O)CC2CC2)cn([C@@H](CO)c2ccccc2)c1=O. The molecule has 26 heavy (non-hydrogen) atoms. The molecule has 0 radical (unpaired) electrons. The van der Waals surface area contributed by atoms with Crippen LogP contribution in [-0.4, -0.2) is 35.0 Å². The van der Waals surface area contributed by atoms with E-state index in [-0.39, 0.29) is 18.0 Å². The third-order valence-electron chi connectivity index (χ3n) is 4.70. The summed E-state index contributed by atoms with van der Waals surface area (Å²) < 4.78 is 1.29. The van der Waals surface area contributed by atoms with Crippen molar-refractivity contribution in [3.05, 3.63) is 69.6 Å². The molecule has 1 aromatic heterocycles. The molecule has 0 aliphatic heterocycles. The van der Waals surface area contributed by atoms with Gasteiger partial charge in [-0.3, -0.25) is 14.4 Å². The van der Waals surface area contributed by atoms with Crippen molar-refractivity contribution in [1.82, 2.24) is 9.88 Å². The van der Waals surface area contributed by atoms with Crippen molar-refractivity contribution in [3.63, 3.8) is 0 Å². The summed E-state index contributed by atoms with van der Waals surface area (Å²) in [6.07, 6.45) is 3.96. The maximum atomic E-state index is 12.8. The smallest absolute Gasteiger partial charge is 0.264 e. The Morgan fingerprint density at radius 1 is 1.27 bits per heavy atom. The van der Waals surface area contributed by atoms with E-state index in [2.05, 4.69) is 5.32 Å². The van der Waals surface area contributed by atoms with Gasteiger partial charge in [0, 0.05) is 25.2 Å². The first-order chi connectivity index (χ1) is 12.5. The van der Waals surface area contributed by atoms with Crippen molar-refractivity contribution in [2.75, 3.05) is 13.7 Å². The number of nitrogens with one attached hydrogen (secondary N) is 1. The molecule has 2 aromatic rings. The van der Waals surface area contributed by atoms with E-state index in [4.69, 9.17) is 0 Å². The topological polar surface area (TPSA) is 88.4 Å². The van der Waals surface area contributed by atoms with Gasteiger partial charge in [-0.25, -0.2) is 0 Å². The minimum absolute atomic E-state index is 0.0869. The maximum Gasteiger partial charge on any atom is 0.264 e. The number of carbonyl (C=O) groups is 2. The quantitative estimate of drug-likeness (QED) is 0.742. The van der Waals surface area contributed by atoms with E-state index in [1.807, 2.05) is 18.2 Å². The molecule has 1 heterocycles. The summed E-state index contributed by atoms with van der Waals surface area (Å²) in [5, 5.41) is 12.3. The van der Waals surface area contributed by atoms with E-state index in [1.165, 1.54) is 23.9 Å². The third-order valence-corrected chi connectivity index (χ3v) is 4.70. The summed E-state index contributed by atoms with van der Waals surface area (Å²) in [7, 11) is 1.44. The predicted molar refractivity (Wildman–Crippen MR) is 97.4 cm³/mol. The number of amides is 1. The number of aliphatic hydroxyl groups is 1. The second-order valence-corrected chi connectivity index (χ2v) is 6.61. The molecular formula is C20H22N2O4. The minimum Gasteiger partial charge on any atom is -0.394 e. The number of benzene rings is 1. The van der Waals surface area contributed by atoms with Crippen molar-refractivity contribution in [1.29, 1.82) is 0 Å². The highest BCUT2D eigenvalue weighted by atomic mass is 16.3. The van der Waals surface area contributed by atoms with Gasteiger partial charge < -0.3 is 15.0 Å². The summed E-state index contributed by atoms with van der Waals surface area (Å²) >= 11 is 0. The fraction of sp³-hybridized carbons (Fsp3) is 0.350. The highest BCUT2D eigenvalue weighted by molar-refractivity contribution is 6.00. The van der Waals surface area contributed by atoms with Crippen LogP contribution in [0.4, 0.5) is 0 Å². The van der Waals surface area contributed by atoms with Crippen LogP contribution >= 0.6 is 0 Å². The third kappa shape index (κ3) is 3.75. The molecule has 1 saturated carbocycles. The van der Waals surface area contributed by atoms with Gasteiger partial charge >= 0.3 is 0 Å². The number of pyridine rings is 1. The first-order valence-corrected chi connectivity index (χ1v) is 8.72. The Balaban J connectivity index is 2.11. The lowest BCUT2D eigenvalue weighted by Crippen LogP contribution is -2.35. The zero-order valence-electron chi connectivity index (χ0n) is 14.6. The maximum absolute atomic E-state index is 12.8. The van der Waals surface area contributed by atoms with E-state index >= 15 is 0 Å². The number of aliphatic hydroxyl groups excluding tert-OH is 1. The van der Waals surface area contributed by atoms with Crippen LogP contribution in [0.5, 0.6) is 0 Å². The molecule has 1 aromatic carbocycles. The second-order valence-electron chi connectivity index (χ2n) is 6.61. The van der Waals surface area contributed by atoms with E-state index < -0.39 is 17.5 Å². The Hall–Kier alpha value is -2.73. The molecule has 0 bridgehead atoms. The molecule has 0 spiro atoms. The number of aromatic nitrogens is 1. The van der Waals surface area contributed by atoms with E-state index in [1.54, 1.807) is 12.1 Å². The van der Waals surface area contributed by atoms with Gasteiger partial charge in [-0.05, 0) is 30.4 Å². The van der Waals surface area contributed by atoms with E-state index in [0.717, 1.165) is 18.4 Å². The molecule has 1 aliphatic carbocycles. The van der Waals surface area contributed by atoms with Gasteiger partial charge in [0.1, 0.15) is 5.56 Å². The van der Waals surface area contributed by atoms with Crippen LogP contribution in [-0.2, 0) is 0 Å². The molecule has 1 aliphatic rings. The van der Waals surface area contributed by atoms with Gasteiger partial charge in [-0.15, -0.1) is 0 Å². The van der Waals surface area contributed by atoms with Crippen molar-refractivity contribution in [2.45, 2.75) is 25.3 Å². The lowest BCUT2D eigenvalue weighted by molar-refractivity contribution is 0.0960. The first-order valence-electron chi connectivity index (χ1n) is 8.72. The fourth-order valence-corrected chi connectivity index (χ4v) is 3.01. The van der Waals surface area contributed by atoms with E-state index in [0.29, 0.717) is 17.9 Å². The van der Waals surface area contributed by atoms with Gasteiger partial charge in [-0.2, -0.15) is 0 Å². The lowest BCUT2D eigenvalue weighted by atomic mass is 10.0. The molecule has 1 amide bonds. The number of carbonyl (C=O) groups excluding carboxylic acids is 2. The summed E-state index contributed by atoms with van der Waals surface area (Å²) in [6.45, 7) is -0.322. The summed E-state index contributed by atoms with van der Waals surface area (Å²) in [5.41, 5.74) is 0.426. The molecule has 136 valence electrons. The molecule has 6 nitrogen and oxygen atoms in total. The number of hydrogen-bond donors (Lipinski definition) is 2. The van der Waals surface area contributed by atoms with Crippen molar-refractivity contribution in [3.8, 4) is 0 Å². The largest absolute Gasteiger partial charge is 0.394 e. The first kappa shape index (κ1) is 18.1. The van der Waals surface area contributed by atoms with Gasteiger partial charge in [0.2, 0.25) is 0 Å². The highest BCUT2D eigenvalue weighted by Gasteiger charge is 2.27. The lowest BCUT2D eigenvalue weighted by Gasteiger charge is -2.20. The molecule has 1 atom stereocenters. The van der Waals surface area contributed by atoms with Gasteiger partial charge in [0.25, 0.3) is 11.5 Å². The monoisotopic (exact) mass is 354 g/mol. The van der Waals surface area contributed by atoms with Crippen LogP contribution in [0.15, 0.2) is 47.4 Å². The minimum atomic E-state index is -0.666. The van der Waals surface area contributed by atoms with Crippen LogP contribution in [0, 0.1) is 5.92 Å². The average molecular weight is 354 g/mol. The fourth-order valence-electron chi connectivity index (χ4n) is 3.01. The standard InChI is InChI=1S/C20H22N2O4/c1-21-19(25)16-10-15(18(24)9-13-7-8-13)11-22(20(16)26)17(12-23)14-5-3-2-4-6-14/h2-6,10-11,13,17,23H,7-9,12H2,1H3,(H,21,25)/t17-/m0/s1. The molecular weight excluding hydrogens is 332 g/mol. The molecule has 0 unspecified atom stereocenters. The second kappa shape index (κ2) is 7.66. The molecule has 1 fully saturated rings. The van der Waals surface area contributed by atoms with Crippen LogP contribution < -0.4 is 10.9 Å². The summed E-state index contributed by atoms with van der Waals surface area (Å²) in [6, 6.07) is 9.75. The molecule has 0 saturated heterocycles. The number of ketones is 1. The Kier molecular flexibility index (Phi) is 5.32. The normalized spacial score (nSPS) is 14.7. The van der Waals surface area contributed by atoms with Crippen LogP contribution in [0.2, 0.25) is 0 Å². The Morgan fingerprint density at radius 2 is 1.96 bits per heavy atom. The van der Waals surface area contributed by atoms with Gasteiger partial charge in [0.15, 0.2) is 5.78 Å². The Labute approximate surface area is 151 Å². The van der Waals surface area contributed by atoms with Crippen LogP contribution in [0.25, 0.3) is 0 Å². The van der Waals surface area contributed by atoms with Crippen molar-refractivity contribution < 1.29 is 14.7 Å². The zero-order chi connectivity index (χ0) is 18.7. The molecule has 2 N–H and O–H groups in total. The summed E-state index contributed by atoms with van der Waals surface area (Å²) in [4.78, 5) is 37.5. The van der Waals surface area contributed by atoms with E-state index in [9.17, 15) is 19.5 Å². The molecule has 3 rings (SSSR count). The highest BCUT2D eigenvalue weighted by Crippen LogP contribution is 2.33. The predicted octanol–water partition coefficient (Wildman–Crippen LogP) is 1.77. The number of rotatable bonds is 7. The average Bonchev–Trinajstić information content (AvgIpc) is 3.47. The number of Topliss-reactive ketones (excluding diaryl/α,β-unsaturated/α-hetero) is 1. The molecule has 6 heteroatoms. The zero-order valence-corrected chi connectivity index (χ0v) is 14.6. The van der Waals surface area contributed by atoms with Crippen molar-refractivity contribution >= 4 is 11.7 Å². The Bertz CT molecular complexity index is 869. The summed E-state index contributed by atoms with van der Waals surface area (Å²) in [5.74, 6) is -0.236. The number of nitrogens with zero attached hydrogens (tertiary/aromatic N) is 1. The van der Waals surface area contributed by atoms with Crippen LogP contribution in [0.3, 0.4) is 0 Å². The van der Waals surface area contributed by atoms with Crippen LogP contribution in [0.1, 0.15) is 51.6 Å². The van der Waals surface area contributed by atoms with Crippen molar-refractivity contribution in [2.24, 2.45) is 5.92 Å². The number of hydrogen-bond acceptors (Lipinski definition) is 4.